The largest absolute Gasteiger partial charge is 0.495 e. The lowest BCUT2D eigenvalue weighted by molar-refractivity contribution is -0.128. The number of benzene rings is 2. The van der Waals surface area contributed by atoms with Gasteiger partial charge in [0.2, 0.25) is 11.8 Å². The number of sulfonamides is 1. The molecule has 1 aliphatic heterocycles. The second-order valence-corrected chi connectivity index (χ2v) is 7.40. The van der Waals surface area contributed by atoms with Crippen LogP contribution in [0.2, 0.25) is 0 Å². The maximum absolute atomic E-state index is 12.7. The van der Waals surface area contributed by atoms with E-state index in [4.69, 9.17) is 4.74 Å². The van der Waals surface area contributed by atoms with Crippen LogP contribution < -0.4 is 20.1 Å². The van der Waals surface area contributed by atoms with Crippen molar-refractivity contribution in [2.45, 2.75) is 11.8 Å². The topological polar surface area (TPSA) is 114 Å². The van der Waals surface area contributed by atoms with Crippen molar-refractivity contribution in [3.05, 3.63) is 42.5 Å². The SMILES string of the molecule is COc1ccccc1NS(=O)(=O)c1ccc2c(c1)NC(=O)[C@H](C)C(=O)N2. The van der Waals surface area contributed by atoms with Crippen LogP contribution in [0.1, 0.15) is 6.92 Å². The molecule has 0 saturated heterocycles. The Bertz CT molecular complexity index is 988. The van der Waals surface area contributed by atoms with Gasteiger partial charge in [-0.2, -0.15) is 0 Å². The summed E-state index contributed by atoms with van der Waals surface area (Å²) in [6.45, 7) is 1.47. The first-order valence-corrected chi connectivity index (χ1v) is 9.22. The van der Waals surface area contributed by atoms with E-state index in [2.05, 4.69) is 15.4 Å². The maximum atomic E-state index is 12.7. The molecule has 0 aromatic heterocycles. The minimum absolute atomic E-state index is 0.0636. The fourth-order valence-corrected chi connectivity index (χ4v) is 3.53. The summed E-state index contributed by atoms with van der Waals surface area (Å²) < 4.78 is 33.0. The van der Waals surface area contributed by atoms with Gasteiger partial charge in [0.15, 0.2) is 0 Å². The van der Waals surface area contributed by atoms with Crippen LogP contribution in [-0.2, 0) is 19.6 Å². The first-order valence-electron chi connectivity index (χ1n) is 7.73. The number of anilines is 3. The van der Waals surface area contributed by atoms with E-state index in [9.17, 15) is 18.0 Å². The molecule has 0 unspecified atom stereocenters. The Morgan fingerprint density at radius 1 is 1.00 bits per heavy atom. The molecule has 3 N–H and O–H groups in total. The van der Waals surface area contributed by atoms with Gasteiger partial charge in [0.05, 0.1) is 29.1 Å². The van der Waals surface area contributed by atoms with Crippen molar-refractivity contribution in [2.75, 3.05) is 22.5 Å². The molecular weight excluding hydrogens is 358 g/mol. The molecule has 2 aromatic carbocycles. The molecule has 0 fully saturated rings. The Labute approximate surface area is 150 Å². The number of fused-ring (bicyclic) bond motifs is 1. The molecular formula is C17H17N3O5S. The molecule has 9 heteroatoms. The van der Waals surface area contributed by atoms with E-state index in [1.807, 2.05) is 0 Å². The molecule has 26 heavy (non-hydrogen) atoms. The van der Waals surface area contributed by atoms with Crippen molar-refractivity contribution >= 4 is 38.9 Å². The maximum Gasteiger partial charge on any atom is 0.262 e. The number of ether oxygens (including phenoxy) is 1. The lowest BCUT2D eigenvalue weighted by Crippen LogP contribution is -2.28. The minimum atomic E-state index is -3.93. The van der Waals surface area contributed by atoms with E-state index < -0.39 is 27.8 Å². The molecule has 2 amide bonds. The fraction of sp³-hybridized carbons (Fsp3) is 0.176. The molecule has 3 rings (SSSR count). The second-order valence-electron chi connectivity index (χ2n) is 5.71. The lowest BCUT2D eigenvalue weighted by atomic mass is 10.1. The van der Waals surface area contributed by atoms with Gasteiger partial charge in [0, 0.05) is 0 Å². The molecule has 8 nitrogen and oxygen atoms in total. The van der Waals surface area contributed by atoms with Crippen LogP contribution in [0.25, 0.3) is 0 Å². The number of hydrogen-bond donors (Lipinski definition) is 3. The molecule has 0 radical (unpaired) electrons. The normalized spacial score (nSPS) is 16.8. The molecule has 2 aromatic rings. The average Bonchev–Trinajstić information content (AvgIpc) is 2.72. The van der Waals surface area contributed by atoms with Crippen molar-refractivity contribution in [1.82, 2.24) is 0 Å². The van der Waals surface area contributed by atoms with E-state index >= 15 is 0 Å². The number of nitrogens with one attached hydrogen (secondary N) is 3. The third-order valence-electron chi connectivity index (χ3n) is 3.95. The van der Waals surface area contributed by atoms with Crippen LogP contribution in [0.5, 0.6) is 5.75 Å². The zero-order valence-corrected chi connectivity index (χ0v) is 14.9. The van der Waals surface area contributed by atoms with Crippen molar-refractivity contribution in [1.29, 1.82) is 0 Å². The summed E-state index contributed by atoms with van der Waals surface area (Å²) in [4.78, 5) is 23.8. The number of carbonyl (C=O) groups is 2. The van der Waals surface area contributed by atoms with Gasteiger partial charge in [-0.1, -0.05) is 12.1 Å². The van der Waals surface area contributed by atoms with Gasteiger partial charge in [0.25, 0.3) is 10.0 Å². The summed E-state index contributed by atoms with van der Waals surface area (Å²) >= 11 is 0. The highest BCUT2D eigenvalue weighted by molar-refractivity contribution is 7.92. The van der Waals surface area contributed by atoms with Gasteiger partial charge < -0.3 is 15.4 Å². The number of amides is 2. The van der Waals surface area contributed by atoms with Gasteiger partial charge in [-0.15, -0.1) is 0 Å². The van der Waals surface area contributed by atoms with Crippen LogP contribution >= 0.6 is 0 Å². The standard InChI is InChI=1S/C17H17N3O5S/c1-10-16(21)18-12-8-7-11(9-14(12)19-17(10)22)26(23,24)20-13-5-3-4-6-15(13)25-2/h3-10,20H,1-2H3,(H,18,21)(H,19,22)/t10-/m1/s1. The molecule has 1 aliphatic rings. The van der Waals surface area contributed by atoms with E-state index in [1.54, 1.807) is 24.3 Å². The zero-order chi connectivity index (χ0) is 18.9. The van der Waals surface area contributed by atoms with Crippen molar-refractivity contribution < 1.29 is 22.7 Å². The van der Waals surface area contributed by atoms with Crippen LogP contribution in [0, 0.1) is 5.92 Å². The molecule has 136 valence electrons. The van der Waals surface area contributed by atoms with E-state index in [-0.39, 0.29) is 16.3 Å². The Morgan fingerprint density at radius 2 is 1.65 bits per heavy atom. The molecule has 1 heterocycles. The third kappa shape index (κ3) is 3.33. The quantitative estimate of drug-likeness (QED) is 0.708. The van der Waals surface area contributed by atoms with Crippen molar-refractivity contribution in [3.8, 4) is 5.75 Å². The Hall–Kier alpha value is -3.07. The highest BCUT2D eigenvalue weighted by Gasteiger charge is 2.28. The summed E-state index contributed by atoms with van der Waals surface area (Å²) in [7, 11) is -2.49. The minimum Gasteiger partial charge on any atom is -0.495 e. The lowest BCUT2D eigenvalue weighted by Gasteiger charge is -2.13. The average molecular weight is 375 g/mol. The van der Waals surface area contributed by atoms with E-state index in [1.165, 1.54) is 32.2 Å². The summed E-state index contributed by atoms with van der Waals surface area (Å²) in [6, 6.07) is 10.7. The summed E-state index contributed by atoms with van der Waals surface area (Å²) in [5.74, 6) is -1.47. The van der Waals surface area contributed by atoms with Crippen LogP contribution in [-0.4, -0.2) is 27.3 Å². The summed E-state index contributed by atoms with van der Waals surface area (Å²) in [5.41, 5.74) is 0.843. The second kappa shape index (κ2) is 6.68. The zero-order valence-electron chi connectivity index (χ0n) is 14.1. The number of para-hydroxylation sites is 2. The Morgan fingerprint density at radius 3 is 2.35 bits per heavy atom. The highest BCUT2D eigenvalue weighted by Crippen LogP contribution is 2.31. The van der Waals surface area contributed by atoms with Gasteiger partial charge in [-0.3, -0.25) is 14.3 Å². The van der Waals surface area contributed by atoms with Gasteiger partial charge in [0.1, 0.15) is 11.7 Å². The van der Waals surface area contributed by atoms with E-state index in [0.717, 1.165) is 0 Å². The van der Waals surface area contributed by atoms with Crippen LogP contribution in [0.3, 0.4) is 0 Å². The van der Waals surface area contributed by atoms with Crippen molar-refractivity contribution in [2.24, 2.45) is 5.92 Å². The Kier molecular flexibility index (Phi) is 4.56. The summed E-state index contributed by atoms with van der Waals surface area (Å²) in [5, 5.41) is 5.15. The van der Waals surface area contributed by atoms with Crippen LogP contribution in [0.4, 0.5) is 17.1 Å². The summed E-state index contributed by atoms with van der Waals surface area (Å²) in [6.07, 6.45) is 0. The molecule has 0 saturated carbocycles. The number of hydrogen-bond acceptors (Lipinski definition) is 5. The van der Waals surface area contributed by atoms with Crippen LogP contribution in [0.15, 0.2) is 47.4 Å². The smallest absolute Gasteiger partial charge is 0.262 e. The molecule has 1 atom stereocenters. The predicted molar refractivity (Wildman–Crippen MR) is 96.7 cm³/mol. The monoisotopic (exact) mass is 375 g/mol. The number of methoxy groups -OCH3 is 1. The van der Waals surface area contributed by atoms with Gasteiger partial charge in [-0.05, 0) is 37.3 Å². The van der Waals surface area contributed by atoms with Gasteiger partial charge >= 0.3 is 0 Å². The first-order chi connectivity index (χ1) is 12.3. The molecule has 0 aliphatic carbocycles. The molecule has 0 bridgehead atoms. The number of carbonyl (C=O) groups excluding carboxylic acids is 2. The Balaban J connectivity index is 1.96. The fourth-order valence-electron chi connectivity index (χ4n) is 2.44. The highest BCUT2D eigenvalue weighted by atomic mass is 32.2. The molecule has 0 spiro atoms. The van der Waals surface area contributed by atoms with Gasteiger partial charge in [-0.25, -0.2) is 8.42 Å². The van der Waals surface area contributed by atoms with Crippen molar-refractivity contribution in [3.63, 3.8) is 0 Å². The number of rotatable bonds is 4. The predicted octanol–water partition coefficient (Wildman–Crippen LogP) is 2.02. The first kappa shape index (κ1) is 17.7. The third-order valence-corrected chi connectivity index (χ3v) is 5.32. The van der Waals surface area contributed by atoms with E-state index in [0.29, 0.717) is 11.4 Å².